The Kier molecular flexibility index (Phi) is 5.56. The molecule has 0 saturated carbocycles. The van der Waals surface area contributed by atoms with Gasteiger partial charge < -0.3 is 10.0 Å². The molecule has 2 fully saturated rings. The van der Waals surface area contributed by atoms with Crippen LogP contribution in [0.5, 0.6) is 0 Å². The van der Waals surface area contributed by atoms with E-state index in [-0.39, 0.29) is 12.0 Å². The van der Waals surface area contributed by atoms with Crippen LogP contribution < -0.4 is 0 Å². The minimum atomic E-state index is -0.177. The molecule has 0 bridgehead atoms. The van der Waals surface area contributed by atoms with Gasteiger partial charge in [0.05, 0.1) is 17.3 Å². The lowest BCUT2D eigenvalue weighted by Crippen LogP contribution is -2.50. The van der Waals surface area contributed by atoms with E-state index in [0.717, 1.165) is 51.9 Å². The highest BCUT2D eigenvalue weighted by molar-refractivity contribution is 6.30. The van der Waals surface area contributed by atoms with Gasteiger partial charge in [0.15, 0.2) is 0 Å². The maximum atomic E-state index is 12.3. The molecule has 1 unspecified atom stereocenters. The van der Waals surface area contributed by atoms with Crippen LogP contribution in [0.1, 0.15) is 32.1 Å². The SMILES string of the molecule is O=C(CCn1cc(Cl)cn1)N1CCC(N2CCCC(O)C2)CC1. The zero-order chi connectivity index (χ0) is 16.2. The second-order valence-electron chi connectivity index (χ2n) is 6.57. The maximum Gasteiger partial charge on any atom is 0.224 e. The molecule has 23 heavy (non-hydrogen) atoms. The molecule has 1 aromatic heterocycles. The van der Waals surface area contributed by atoms with E-state index < -0.39 is 0 Å². The summed E-state index contributed by atoms with van der Waals surface area (Å²) < 4.78 is 1.71. The lowest BCUT2D eigenvalue weighted by molar-refractivity contribution is -0.133. The van der Waals surface area contributed by atoms with Crippen molar-refractivity contribution in [1.82, 2.24) is 19.6 Å². The van der Waals surface area contributed by atoms with E-state index in [9.17, 15) is 9.90 Å². The van der Waals surface area contributed by atoms with Crippen molar-refractivity contribution in [2.45, 2.75) is 50.8 Å². The average Bonchev–Trinajstić information content (AvgIpc) is 2.98. The fourth-order valence-electron chi connectivity index (χ4n) is 3.62. The molecule has 3 rings (SSSR count). The van der Waals surface area contributed by atoms with Crippen LogP contribution in [0, 0.1) is 0 Å². The largest absolute Gasteiger partial charge is 0.392 e. The zero-order valence-corrected chi connectivity index (χ0v) is 14.2. The Morgan fingerprint density at radius 3 is 2.74 bits per heavy atom. The summed E-state index contributed by atoms with van der Waals surface area (Å²) in [5.41, 5.74) is 0. The van der Waals surface area contributed by atoms with Gasteiger partial charge in [0.2, 0.25) is 5.91 Å². The van der Waals surface area contributed by atoms with E-state index in [1.54, 1.807) is 17.1 Å². The van der Waals surface area contributed by atoms with Gasteiger partial charge in [0.1, 0.15) is 0 Å². The third-order valence-electron chi connectivity index (χ3n) is 4.92. The smallest absolute Gasteiger partial charge is 0.224 e. The number of likely N-dealkylation sites (tertiary alicyclic amines) is 2. The normalized spacial score (nSPS) is 24.1. The van der Waals surface area contributed by atoms with Crippen LogP contribution >= 0.6 is 11.6 Å². The van der Waals surface area contributed by atoms with E-state index in [1.807, 2.05) is 4.90 Å². The minimum absolute atomic E-state index is 0.177. The number of carbonyl (C=O) groups excluding carboxylic acids is 1. The van der Waals surface area contributed by atoms with Crippen molar-refractivity contribution >= 4 is 17.5 Å². The number of aliphatic hydroxyl groups is 1. The summed E-state index contributed by atoms with van der Waals surface area (Å²) in [6.07, 6.45) is 7.62. The lowest BCUT2D eigenvalue weighted by Gasteiger charge is -2.41. The quantitative estimate of drug-likeness (QED) is 0.899. The van der Waals surface area contributed by atoms with Gasteiger partial charge in [-0.05, 0) is 32.2 Å². The number of aryl methyl sites for hydroxylation is 1. The van der Waals surface area contributed by atoms with Gasteiger partial charge in [-0.2, -0.15) is 5.10 Å². The number of hydrogen-bond acceptors (Lipinski definition) is 4. The molecule has 0 aliphatic carbocycles. The van der Waals surface area contributed by atoms with Gasteiger partial charge in [0.25, 0.3) is 0 Å². The van der Waals surface area contributed by atoms with E-state index >= 15 is 0 Å². The van der Waals surface area contributed by atoms with Crippen LogP contribution in [0.3, 0.4) is 0 Å². The average molecular weight is 341 g/mol. The number of carbonyl (C=O) groups is 1. The van der Waals surface area contributed by atoms with Gasteiger partial charge in [-0.1, -0.05) is 11.6 Å². The fraction of sp³-hybridized carbons (Fsp3) is 0.750. The number of aliphatic hydroxyl groups excluding tert-OH is 1. The molecular weight excluding hydrogens is 316 g/mol. The Morgan fingerprint density at radius 2 is 2.09 bits per heavy atom. The molecule has 3 heterocycles. The van der Waals surface area contributed by atoms with Gasteiger partial charge >= 0.3 is 0 Å². The highest BCUT2D eigenvalue weighted by atomic mass is 35.5. The number of aromatic nitrogens is 2. The number of rotatable bonds is 4. The highest BCUT2D eigenvalue weighted by Crippen LogP contribution is 2.21. The van der Waals surface area contributed by atoms with Crippen molar-refractivity contribution < 1.29 is 9.90 Å². The topological polar surface area (TPSA) is 61.6 Å². The summed E-state index contributed by atoms with van der Waals surface area (Å²) >= 11 is 5.82. The molecule has 2 aliphatic rings. The first-order valence-corrected chi connectivity index (χ1v) is 8.87. The Balaban J connectivity index is 1.42. The van der Waals surface area contributed by atoms with Crippen LogP contribution in [0.25, 0.3) is 0 Å². The molecule has 2 saturated heterocycles. The van der Waals surface area contributed by atoms with Crippen LogP contribution in [-0.4, -0.2) is 68.9 Å². The Bertz CT molecular complexity index is 528. The van der Waals surface area contributed by atoms with Gasteiger partial charge in [-0.15, -0.1) is 0 Å². The standard InChI is InChI=1S/C16H25ClN4O2/c17-13-10-18-21(11-13)9-5-16(23)19-7-3-14(4-8-19)20-6-1-2-15(22)12-20/h10-11,14-15,22H,1-9,12H2. The van der Waals surface area contributed by atoms with E-state index in [4.69, 9.17) is 11.6 Å². The molecular formula is C16H25ClN4O2. The molecule has 0 aromatic carbocycles. The highest BCUT2D eigenvalue weighted by Gasteiger charge is 2.29. The second kappa shape index (κ2) is 7.64. The number of piperidine rings is 2. The number of nitrogens with zero attached hydrogens (tertiary/aromatic N) is 4. The Hall–Kier alpha value is -1.11. The van der Waals surface area contributed by atoms with Crippen molar-refractivity contribution in [1.29, 1.82) is 0 Å². The first-order valence-electron chi connectivity index (χ1n) is 8.49. The van der Waals surface area contributed by atoms with Crippen molar-refractivity contribution in [2.24, 2.45) is 0 Å². The molecule has 0 radical (unpaired) electrons. The summed E-state index contributed by atoms with van der Waals surface area (Å²) in [5, 5.41) is 14.5. The van der Waals surface area contributed by atoms with E-state index in [2.05, 4.69) is 10.00 Å². The molecule has 6 nitrogen and oxygen atoms in total. The van der Waals surface area contributed by atoms with Gasteiger partial charge in [0, 0.05) is 44.8 Å². The molecule has 128 valence electrons. The second-order valence-corrected chi connectivity index (χ2v) is 7.01. The van der Waals surface area contributed by atoms with Crippen LogP contribution in [0.2, 0.25) is 5.02 Å². The van der Waals surface area contributed by atoms with E-state index in [0.29, 0.717) is 24.0 Å². The van der Waals surface area contributed by atoms with Crippen molar-refractivity contribution in [3.63, 3.8) is 0 Å². The molecule has 1 amide bonds. The summed E-state index contributed by atoms with van der Waals surface area (Å²) in [6, 6.07) is 0.513. The molecule has 7 heteroatoms. The number of β-amino-alcohol motifs (C(OH)–C–C–N with tert-alkyl or cyclic N) is 1. The van der Waals surface area contributed by atoms with Gasteiger partial charge in [-0.25, -0.2) is 0 Å². The van der Waals surface area contributed by atoms with Crippen molar-refractivity contribution in [3.8, 4) is 0 Å². The molecule has 2 aliphatic heterocycles. The number of hydrogen-bond donors (Lipinski definition) is 1. The predicted octanol–water partition coefficient (Wildman–Crippen LogP) is 1.37. The molecule has 1 N–H and O–H groups in total. The predicted molar refractivity (Wildman–Crippen MR) is 88.3 cm³/mol. The third kappa shape index (κ3) is 4.46. The molecule has 1 atom stereocenters. The van der Waals surface area contributed by atoms with E-state index in [1.165, 1.54) is 0 Å². The molecule has 1 aromatic rings. The Morgan fingerprint density at radius 1 is 1.30 bits per heavy atom. The summed E-state index contributed by atoms with van der Waals surface area (Å²) in [5.74, 6) is 0.189. The van der Waals surface area contributed by atoms with Crippen molar-refractivity contribution in [2.75, 3.05) is 26.2 Å². The van der Waals surface area contributed by atoms with Crippen LogP contribution in [-0.2, 0) is 11.3 Å². The van der Waals surface area contributed by atoms with Crippen LogP contribution in [0.4, 0.5) is 0 Å². The number of amides is 1. The van der Waals surface area contributed by atoms with Crippen LogP contribution in [0.15, 0.2) is 12.4 Å². The maximum absolute atomic E-state index is 12.3. The lowest BCUT2D eigenvalue weighted by atomic mass is 9.99. The monoisotopic (exact) mass is 340 g/mol. The summed E-state index contributed by atoms with van der Waals surface area (Å²) in [6.45, 7) is 4.07. The fourth-order valence-corrected chi connectivity index (χ4v) is 3.78. The minimum Gasteiger partial charge on any atom is -0.392 e. The summed E-state index contributed by atoms with van der Waals surface area (Å²) in [7, 11) is 0. The zero-order valence-electron chi connectivity index (χ0n) is 13.4. The van der Waals surface area contributed by atoms with Gasteiger partial charge in [-0.3, -0.25) is 14.4 Å². The Labute approximate surface area is 142 Å². The third-order valence-corrected chi connectivity index (χ3v) is 5.11. The number of halogens is 1. The first-order chi connectivity index (χ1) is 11.1. The molecule has 0 spiro atoms. The van der Waals surface area contributed by atoms with Crippen molar-refractivity contribution in [3.05, 3.63) is 17.4 Å². The first kappa shape index (κ1) is 16.7. The summed E-state index contributed by atoms with van der Waals surface area (Å²) in [4.78, 5) is 16.7.